The number of para-hydroxylation sites is 1. The maximum absolute atomic E-state index is 15.1. The van der Waals surface area contributed by atoms with Crippen LogP contribution in [-0.2, 0) is 19.2 Å². The molecule has 5 aromatic rings. The number of aldehydes is 1. The zero-order valence-corrected chi connectivity index (χ0v) is 37.2. The number of likely N-dealkylation sites (tertiary alicyclic amines) is 1. The number of nitrogens with zero attached hydrogens (tertiary/aromatic N) is 4. The Labute approximate surface area is 386 Å². The molecule has 17 heteroatoms. The summed E-state index contributed by atoms with van der Waals surface area (Å²) in [5, 5.41) is 19.2. The zero-order valence-electron chi connectivity index (χ0n) is 37.2. The number of pyridine rings is 1. The van der Waals surface area contributed by atoms with E-state index in [2.05, 4.69) is 36.9 Å². The van der Waals surface area contributed by atoms with Crippen molar-refractivity contribution in [2.45, 2.75) is 68.6 Å². The van der Waals surface area contributed by atoms with Crippen LogP contribution in [0.3, 0.4) is 0 Å². The Kier molecular flexibility index (Phi) is 14.1. The fourth-order valence-corrected chi connectivity index (χ4v) is 9.50. The van der Waals surface area contributed by atoms with E-state index < -0.39 is 36.4 Å². The second-order valence-electron chi connectivity index (χ2n) is 17.4. The van der Waals surface area contributed by atoms with Gasteiger partial charge in [-0.2, -0.15) is 18.4 Å². The van der Waals surface area contributed by atoms with Gasteiger partial charge in [0, 0.05) is 93.8 Å². The third-order valence-electron chi connectivity index (χ3n) is 13.3. The number of imide groups is 1. The van der Waals surface area contributed by atoms with Gasteiger partial charge in [0.25, 0.3) is 0 Å². The van der Waals surface area contributed by atoms with Crippen LogP contribution in [0.25, 0.3) is 22.2 Å². The van der Waals surface area contributed by atoms with Gasteiger partial charge < -0.3 is 39.7 Å². The van der Waals surface area contributed by atoms with Crippen LogP contribution in [0.2, 0.25) is 0 Å². The van der Waals surface area contributed by atoms with Gasteiger partial charge in [0.1, 0.15) is 24.4 Å². The largest absolute Gasteiger partial charge is 0.492 e. The third-order valence-corrected chi connectivity index (χ3v) is 13.3. The summed E-state index contributed by atoms with van der Waals surface area (Å²) in [6.07, 6.45) is 0.857. The minimum absolute atomic E-state index is 0.0148. The number of benzene rings is 3. The van der Waals surface area contributed by atoms with Gasteiger partial charge in [-0.1, -0.05) is 18.2 Å². The molecule has 350 valence electrons. The maximum Gasteiger partial charge on any atom is 0.428 e. The number of anilines is 2. The summed E-state index contributed by atoms with van der Waals surface area (Å²) in [5.41, 5.74) is 2.27. The lowest BCUT2D eigenvalue weighted by molar-refractivity contribution is -0.260. The highest BCUT2D eigenvalue weighted by Crippen LogP contribution is 2.45. The Morgan fingerprint density at radius 2 is 1.81 bits per heavy atom. The molecule has 4 N–H and O–H groups in total. The maximum atomic E-state index is 15.1. The molecule has 3 fully saturated rings. The molecule has 0 radical (unpaired) electrons. The summed E-state index contributed by atoms with van der Waals surface area (Å²) >= 11 is 0. The molecule has 67 heavy (non-hydrogen) atoms. The number of hydrogen-bond donors (Lipinski definition) is 4. The van der Waals surface area contributed by atoms with Gasteiger partial charge in [0.15, 0.2) is 0 Å². The van der Waals surface area contributed by atoms with Crippen molar-refractivity contribution in [1.82, 2.24) is 25.5 Å². The normalized spacial score (nSPS) is 18.2. The summed E-state index contributed by atoms with van der Waals surface area (Å²) in [6.45, 7) is 2.86. The number of alkyl halides is 3. The lowest BCUT2D eigenvalue weighted by Crippen LogP contribution is -2.58. The van der Waals surface area contributed by atoms with Crippen molar-refractivity contribution in [1.29, 1.82) is 5.26 Å². The molecule has 5 heterocycles. The molecule has 2 unspecified atom stereocenters. The Balaban J connectivity index is 0.855. The number of halogens is 3. The fraction of sp³-hybridized carbons (Fsp3) is 0.400. The first-order valence-electron chi connectivity index (χ1n) is 22.7. The van der Waals surface area contributed by atoms with Crippen molar-refractivity contribution in [2.75, 3.05) is 63.1 Å². The van der Waals surface area contributed by atoms with Crippen LogP contribution in [0.5, 0.6) is 11.5 Å². The summed E-state index contributed by atoms with van der Waals surface area (Å²) < 4.78 is 57.5. The SMILES string of the molecule is CNc1ccc(OCCNCC2CCN(c3cncc(C4CCC(=O)NC4=O)c3)CC2)cc1C(CC=O)C(=O)N1CCC(Oc2ccccc2-c2cc3c(C#N)cccc3[nH]2)(C(F)(F)F)CC1. The molecule has 3 saturated heterocycles. The van der Waals surface area contributed by atoms with Gasteiger partial charge in [0.05, 0.1) is 41.0 Å². The number of piperidine rings is 3. The zero-order chi connectivity index (χ0) is 47.1. The first kappa shape index (κ1) is 46.6. The minimum atomic E-state index is -4.78. The molecule has 2 atom stereocenters. The van der Waals surface area contributed by atoms with Crippen LogP contribution in [0, 0.1) is 17.2 Å². The van der Waals surface area contributed by atoms with E-state index >= 15 is 13.2 Å². The minimum Gasteiger partial charge on any atom is -0.492 e. The molecule has 0 aliphatic carbocycles. The van der Waals surface area contributed by atoms with Crippen LogP contribution in [0.1, 0.15) is 73.5 Å². The molecule has 8 rings (SSSR count). The second-order valence-corrected chi connectivity index (χ2v) is 17.4. The van der Waals surface area contributed by atoms with Crippen molar-refractivity contribution in [2.24, 2.45) is 5.92 Å². The molecule has 2 aromatic heterocycles. The molecule has 3 aliphatic rings. The first-order chi connectivity index (χ1) is 32.4. The predicted octanol–water partition coefficient (Wildman–Crippen LogP) is 7.22. The van der Waals surface area contributed by atoms with Crippen molar-refractivity contribution >= 4 is 46.3 Å². The average Bonchev–Trinajstić information content (AvgIpc) is 3.78. The molecule has 3 aromatic carbocycles. The van der Waals surface area contributed by atoms with Gasteiger partial charge in [-0.15, -0.1) is 0 Å². The summed E-state index contributed by atoms with van der Waals surface area (Å²) in [4.78, 5) is 61.6. The lowest BCUT2D eigenvalue weighted by Gasteiger charge is -2.43. The van der Waals surface area contributed by atoms with Crippen LogP contribution >= 0.6 is 0 Å². The topological polar surface area (TPSA) is 182 Å². The first-order valence-corrected chi connectivity index (χ1v) is 22.7. The number of aromatic amines is 1. The number of carbonyl (C=O) groups excluding carboxylic acids is 4. The number of nitriles is 1. The number of carbonyl (C=O) groups is 4. The van der Waals surface area contributed by atoms with E-state index in [0.29, 0.717) is 82.9 Å². The van der Waals surface area contributed by atoms with Crippen LogP contribution in [-0.4, -0.2) is 104 Å². The standard InChI is InChI=1S/C50H53F3N8O6/c1-55-42-11-9-36(66-24-18-56-29-32-13-19-60(20-14-32)35-25-34(30-57-31-35)37-10-12-46(63)59-47(37)64)26-41(42)38(15-23-62)48(65)61-21-16-49(17-22-61,50(51,52)53)67-45-8-3-2-6-39(45)44-27-40-33(28-54)5-4-7-43(40)58-44/h2-9,11,23,25-27,30-32,37-38,55-56,58H,10,12-22,24,29H2,1H3,(H,59,63,64). The third kappa shape index (κ3) is 10.2. The van der Waals surface area contributed by atoms with E-state index in [1.807, 2.05) is 12.3 Å². The van der Waals surface area contributed by atoms with Gasteiger partial charge in [0.2, 0.25) is 23.3 Å². The van der Waals surface area contributed by atoms with Gasteiger partial charge >= 0.3 is 6.18 Å². The number of rotatable bonds is 16. The number of hydrogen-bond acceptors (Lipinski definition) is 11. The number of ether oxygens (including phenoxy) is 2. The van der Waals surface area contributed by atoms with E-state index in [1.54, 1.807) is 73.9 Å². The lowest BCUT2D eigenvalue weighted by atomic mass is 9.87. The van der Waals surface area contributed by atoms with Crippen molar-refractivity contribution in [3.05, 3.63) is 102 Å². The molecule has 3 amide bonds. The highest BCUT2D eigenvalue weighted by atomic mass is 19.4. The Morgan fingerprint density at radius 3 is 2.54 bits per heavy atom. The average molecular weight is 919 g/mol. The van der Waals surface area contributed by atoms with E-state index in [0.717, 1.165) is 43.7 Å². The summed E-state index contributed by atoms with van der Waals surface area (Å²) in [7, 11) is 1.69. The summed E-state index contributed by atoms with van der Waals surface area (Å²) in [5.74, 6) is -1.39. The van der Waals surface area contributed by atoms with E-state index in [9.17, 15) is 24.4 Å². The quantitative estimate of drug-likeness (QED) is 0.0446. The van der Waals surface area contributed by atoms with Crippen LogP contribution in [0.4, 0.5) is 24.5 Å². The van der Waals surface area contributed by atoms with E-state index in [4.69, 9.17) is 9.47 Å². The molecular formula is C50H53F3N8O6. The molecule has 14 nitrogen and oxygen atoms in total. The highest BCUT2D eigenvalue weighted by Gasteiger charge is 2.59. The predicted molar refractivity (Wildman–Crippen MR) is 246 cm³/mol. The molecular weight excluding hydrogens is 866 g/mol. The number of nitrogens with one attached hydrogen (secondary N) is 4. The Hall–Kier alpha value is -6.93. The molecule has 0 bridgehead atoms. The van der Waals surface area contributed by atoms with Gasteiger partial charge in [-0.3, -0.25) is 24.7 Å². The van der Waals surface area contributed by atoms with Crippen LogP contribution < -0.4 is 30.3 Å². The fourth-order valence-electron chi connectivity index (χ4n) is 9.50. The van der Waals surface area contributed by atoms with Crippen molar-refractivity contribution < 1.29 is 41.8 Å². The Morgan fingerprint density at radius 1 is 1.01 bits per heavy atom. The number of amides is 3. The van der Waals surface area contributed by atoms with Crippen LogP contribution in [0.15, 0.2) is 85.2 Å². The molecule has 3 aliphatic heterocycles. The molecule has 0 spiro atoms. The number of fused-ring (bicyclic) bond motifs is 1. The smallest absolute Gasteiger partial charge is 0.428 e. The molecule has 0 saturated carbocycles. The second kappa shape index (κ2) is 20.3. The van der Waals surface area contributed by atoms with Gasteiger partial charge in [-0.25, -0.2) is 0 Å². The van der Waals surface area contributed by atoms with E-state index in [-0.39, 0.29) is 43.0 Å². The number of aromatic nitrogens is 2. The van der Waals surface area contributed by atoms with Gasteiger partial charge in [-0.05, 0) is 97.4 Å². The Bertz CT molecular complexity index is 2650. The highest BCUT2D eigenvalue weighted by molar-refractivity contribution is 6.01. The monoisotopic (exact) mass is 918 g/mol. The van der Waals surface area contributed by atoms with Crippen molar-refractivity contribution in [3.63, 3.8) is 0 Å². The van der Waals surface area contributed by atoms with Crippen molar-refractivity contribution in [3.8, 4) is 28.8 Å². The van der Waals surface area contributed by atoms with E-state index in [1.165, 1.54) is 11.0 Å². The number of H-pyrrole nitrogens is 1. The summed E-state index contributed by atoms with van der Waals surface area (Å²) in [6, 6.07) is 22.7.